The molecule has 6 heteroatoms. The molecule has 100 valence electrons. The summed E-state index contributed by atoms with van der Waals surface area (Å²) in [6, 6.07) is 5.37. The Bertz CT molecular complexity index is 522. The summed E-state index contributed by atoms with van der Waals surface area (Å²) >= 11 is 0. The molecule has 2 aromatic rings. The average molecular weight is 260 g/mol. The van der Waals surface area contributed by atoms with Crippen LogP contribution in [0.25, 0.3) is 0 Å². The highest BCUT2D eigenvalue weighted by Crippen LogP contribution is 2.14. The van der Waals surface area contributed by atoms with Crippen molar-refractivity contribution in [1.82, 2.24) is 15.5 Å². The van der Waals surface area contributed by atoms with E-state index in [2.05, 4.69) is 15.5 Å². The third kappa shape index (κ3) is 3.09. The van der Waals surface area contributed by atoms with E-state index in [0.717, 1.165) is 17.9 Å². The normalized spacial score (nSPS) is 10.2. The van der Waals surface area contributed by atoms with Crippen LogP contribution in [0.3, 0.4) is 0 Å². The van der Waals surface area contributed by atoms with Crippen LogP contribution in [0.4, 0.5) is 5.82 Å². The Morgan fingerprint density at radius 2 is 2.21 bits per heavy atom. The van der Waals surface area contributed by atoms with Gasteiger partial charge < -0.3 is 14.6 Å². The molecule has 0 spiro atoms. The fourth-order valence-electron chi connectivity index (χ4n) is 1.70. The highest BCUT2D eigenvalue weighted by molar-refractivity contribution is 5.91. The predicted octanol–water partition coefficient (Wildman–Crippen LogP) is 1.46. The lowest BCUT2D eigenvalue weighted by molar-refractivity contribution is 0.0957. The fraction of sp³-hybridized carbons (Fsp3) is 0.308. The van der Waals surface area contributed by atoms with E-state index in [1.54, 1.807) is 31.7 Å². The van der Waals surface area contributed by atoms with Gasteiger partial charge in [-0.15, -0.1) is 10.2 Å². The summed E-state index contributed by atoms with van der Waals surface area (Å²) in [5.41, 5.74) is 1.38. The number of hydrogen-bond acceptors (Lipinski definition) is 5. The summed E-state index contributed by atoms with van der Waals surface area (Å²) < 4.78 is 5.05. The lowest BCUT2D eigenvalue weighted by Crippen LogP contribution is -2.24. The quantitative estimate of drug-likeness (QED) is 0.881. The number of carbonyl (C=O) groups excluding carboxylic acids is 1. The van der Waals surface area contributed by atoms with Gasteiger partial charge in [-0.05, 0) is 25.1 Å². The van der Waals surface area contributed by atoms with Crippen molar-refractivity contribution < 1.29 is 9.21 Å². The molecule has 1 amide bonds. The van der Waals surface area contributed by atoms with Crippen molar-refractivity contribution in [3.05, 3.63) is 42.0 Å². The van der Waals surface area contributed by atoms with Crippen LogP contribution in [0.1, 0.15) is 23.0 Å². The van der Waals surface area contributed by atoms with Crippen LogP contribution >= 0.6 is 0 Å². The lowest BCUT2D eigenvalue weighted by Gasteiger charge is -2.20. The molecule has 0 saturated heterocycles. The van der Waals surface area contributed by atoms with Crippen molar-refractivity contribution in [2.45, 2.75) is 13.5 Å². The maximum atomic E-state index is 11.4. The van der Waals surface area contributed by atoms with Gasteiger partial charge >= 0.3 is 0 Å². The average Bonchev–Trinajstić information content (AvgIpc) is 2.97. The summed E-state index contributed by atoms with van der Waals surface area (Å²) in [7, 11) is 1.56. The number of anilines is 1. The Kier molecular flexibility index (Phi) is 4.12. The number of amides is 1. The molecule has 0 fully saturated rings. The molecule has 19 heavy (non-hydrogen) atoms. The Morgan fingerprint density at radius 1 is 1.37 bits per heavy atom. The zero-order valence-corrected chi connectivity index (χ0v) is 11.0. The SMILES string of the molecule is CCN(Cc1ccoc1)c1ccc(C(=O)NC)nn1. The van der Waals surface area contributed by atoms with E-state index in [4.69, 9.17) is 4.42 Å². The van der Waals surface area contributed by atoms with Crippen molar-refractivity contribution >= 4 is 11.7 Å². The van der Waals surface area contributed by atoms with Crippen molar-refractivity contribution in [2.24, 2.45) is 0 Å². The number of furan rings is 1. The topological polar surface area (TPSA) is 71.3 Å². The molecule has 0 aliphatic rings. The third-order valence-electron chi connectivity index (χ3n) is 2.77. The minimum absolute atomic E-state index is 0.239. The third-order valence-corrected chi connectivity index (χ3v) is 2.77. The number of carbonyl (C=O) groups is 1. The molecule has 2 heterocycles. The Hall–Kier alpha value is -2.37. The van der Waals surface area contributed by atoms with Gasteiger partial charge in [0.25, 0.3) is 5.91 Å². The second kappa shape index (κ2) is 5.99. The van der Waals surface area contributed by atoms with E-state index in [1.807, 2.05) is 17.9 Å². The Morgan fingerprint density at radius 3 is 2.74 bits per heavy atom. The van der Waals surface area contributed by atoms with Gasteiger partial charge in [0.1, 0.15) is 0 Å². The van der Waals surface area contributed by atoms with Gasteiger partial charge in [-0.3, -0.25) is 4.79 Å². The molecule has 0 aliphatic heterocycles. The molecule has 0 aliphatic carbocycles. The summed E-state index contributed by atoms with van der Waals surface area (Å²) in [5, 5.41) is 10.5. The van der Waals surface area contributed by atoms with Gasteiger partial charge in [0.2, 0.25) is 0 Å². The van der Waals surface area contributed by atoms with Gasteiger partial charge in [0.05, 0.1) is 12.5 Å². The van der Waals surface area contributed by atoms with E-state index in [-0.39, 0.29) is 5.91 Å². The Labute approximate surface area is 111 Å². The predicted molar refractivity (Wildman–Crippen MR) is 70.9 cm³/mol. The van der Waals surface area contributed by atoms with Crippen LogP contribution < -0.4 is 10.2 Å². The van der Waals surface area contributed by atoms with E-state index in [0.29, 0.717) is 12.2 Å². The molecule has 0 saturated carbocycles. The van der Waals surface area contributed by atoms with Gasteiger partial charge in [-0.1, -0.05) is 0 Å². The highest BCUT2D eigenvalue weighted by Gasteiger charge is 2.10. The first kappa shape index (κ1) is 13.1. The maximum absolute atomic E-state index is 11.4. The van der Waals surface area contributed by atoms with Gasteiger partial charge in [-0.2, -0.15) is 0 Å². The molecule has 6 nitrogen and oxygen atoms in total. The zero-order valence-electron chi connectivity index (χ0n) is 11.0. The standard InChI is InChI=1S/C13H16N4O2/c1-3-17(8-10-6-7-19-9-10)12-5-4-11(15-16-12)13(18)14-2/h4-7,9H,3,8H2,1-2H3,(H,14,18). The molecule has 0 atom stereocenters. The molecule has 0 aromatic carbocycles. The van der Waals surface area contributed by atoms with Crippen molar-refractivity contribution in [1.29, 1.82) is 0 Å². The largest absolute Gasteiger partial charge is 0.472 e. The highest BCUT2D eigenvalue weighted by atomic mass is 16.3. The number of aromatic nitrogens is 2. The van der Waals surface area contributed by atoms with E-state index < -0.39 is 0 Å². The monoisotopic (exact) mass is 260 g/mol. The molecule has 0 bridgehead atoms. The molecule has 0 radical (unpaired) electrons. The lowest BCUT2D eigenvalue weighted by atomic mass is 10.3. The number of hydrogen-bond donors (Lipinski definition) is 1. The second-order valence-electron chi connectivity index (χ2n) is 4.00. The van der Waals surface area contributed by atoms with Crippen LogP contribution in [0.5, 0.6) is 0 Å². The minimum atomic E-state index is -0.239. The zero-order chi connectivity index (χ0) is 13.7. The van der Waals surface area contributed by atoms with Crippen LogP contribution in [-0.4, -0.2) is 29.7 Å². The van der Waals surface area contributed by atoms with Crippen LogP contribution in [-0.2, 0) is 6.54 Å². The molecular formula is C13H16N4O2. The fourth-order valence-corrected chi connectivity index (χ4v) is 1.70. The first-order chi connectivity index (χ1) is 9.24. The summed E-state index contributed by atoms with van der Waals surface area (Å²) in [6.45, 7) is 3.52. The van der Waals surface area contributed by atoms with E-state index in [9.17, 15) is 4.79 Å². The molecule has 1 N–H and O–H groups in total. The summed E-state index contributed by atoms with van der Waals surface area (Å²) in [5.74, 6) is 0.494. The molecule has 0 unspecified atom stereocenters. The molecular weight excluding hydrogens is 244 g/mol. The van der Waals surface area contributed by atoms with Crippen molar-refractivity contribution in [2.75, 3.05) is 18.5 Å². The number of nitrogens with zero attached hydrogens (tertiary/aromatic N) is 3. The van der Waals surface area contributed by atoms with E-state index in [1.165, 1.54) is 0 Å². The van der Waals surface area contributed by atoms with E-state index >= 15 is 0 Å². The first-order valence-electron chi connectivity index (χ1n) is 6.06. The van der Waals surface area contributed by atoms with Gasteiger partial charge in [-0.25, -0.2) is 0 Å². The van der Waals surface area contributed by atoms with Crippen molar-refractivity contribution in [3.63, 3.8) is 0 Å². The van der Waals surface area contributed by atoms with Crippen LogP contribution in [0.15, 0.2) is 35.1 Å². The number of rotatable bonds is 5. The minimum Gasteiger partial charge on any atom is -0.472 e. The molecule has 2 rings (SSSR count). The van der Waals surface area contributed by atoms with Gasteiger partial charge in [0.15, 0.2) is 11.5 Å². The smallest absolute Gasteiger partial charge is 0.271 e. The Balaban J connectivity index is 2.12. The summed E-state index contributed by atoms with van der Waals surface area (Å²) in [6.07, 6.45) is 3.35. The number of nitrogens with one attached hydrogen (secondary N) is 1. The van der Waals surface area contributed by atoms with Gasteiger partial charge in [0, 0.05) is 25.7 Å². The van der Waals surface area contributed by atoms with Crippen LogP contribution in [0.2, 0.25) is 0 Å². The summed E-state index contributed by atoms with van der Waals surface area (Å²) in [4.78, 5) is 13.4. The second-order valence-corrected chi connectivity index (χ2v) is 4.00. The van der Waals surface area contributed by atoms with Crippen molar-refractivity contribution in [3.8, 4) is 0 Å². The maximum Gasteiger partial charge on any atom is 0.271 e. The molecule has 2 aromatic heterocycles. The first-order valence-corrected chi connectivity index (χ1v) is 6.06. The van der Waals surface area contributed by atoms with Crippen LogP contribution in [0, 0.1) is 0 Å².